The van der Waals surface area contributed by atoms with E-state index < -0.39 is 0 Å². The van der Waals surface area contributed by atoms with Crippen LogP contribution in [0.25, 0.3) is 0 Å². The summed E-state index contributed by atoms with van der Waals surface area (Å²) in [4.78, 5) is 2.51. The first-order valence-electron chi connectivity index (χ1n) is 6.07. The summed E-state index contributed by atoms with van der Waals surface area (Å²) in [7, 11) is 0. The molecule has 1 aromatic carbocycles. The Kier molecular flexibility index (Phi) is 4.72. The number of anilines is 1. The second-order valence-corrected chi connectivity index (χ2v) is 6.63. The second-order valence-electron chi connectivity index (χ2n) is 4.61. The minimum atomic E-state index is 0.565. The van der Waals surface area contributed by atoms with Gasteiger partial charge in [0.1, 0.15) is 0 Å². The maximum atomic E-state index is 3.59. The van der Waals surface area contributed by atoms with Crippen molar-refractivity contribution in [3.63, 3.8) is 0 Å². The molecule has 1 aliphatic heterocycles. The van der Waals surface area contributed by atoms with Crippen molar-refractivity contribution in [1.29, 1.82) is 0 Å². The molecule has 2 unspecified atom stereocenters. The lowest BCUT2D eigenvalue weighted by Gasteiger charge is -2.40. The van der Waals surface area contributed by atoms with E-state index in [0.29, 0.717) is 12.1 Å². The third-order valence-corrected chi connectivity index (χ3v) is 5.70. The number of piperazine rings is 1. The third-order valence-electron chi connectivity index (χ3n) is 3.38. The van der Waals surface area contributed by atoms with Gasteiger partial charge < -0.3 is 10.2 Å². The van der Waals surface area contributed by atoms with E-state index in [1.54, 1.807) is 0 Å². The molecule has 2 atom stereocenters. The van der Waals surface area contributed by atoms with E-state index in [4.69, 9.17) is 0 Å². The van der Waals surface area contributed by atoms with E-state index in [1.807, 2.05) is 0 Å². The fourth-order valence-electron chi connectivity index (χ4n) is 2.23. The van der Waals surface area contributed by atoms with Crippen LogP contribution in [-0.4, -0.2) is 25.2 Å². The Balaban J connectivity index is 2.21. The van der Waals surface area contributed by atoms with Crippen molar-refractivity contribution < 1.29 is 0 Å². The molecule has 0 amide bonds. The monoisotopic (exact) mass is 408 g/mol. The Morgan fingerprint density at radius 1 is 1.53 bits per heavy atom. The summed E-state index contributed by atoms with van der Waals surface area (Å²) in [5.41, 5.74) is 1.34. The molecule has 1 heterocycles. The highest BCUT2D eigenvalue weighted by Crippen LogP contribution is 2.27. The third kappa shape index (κ3) is 3.15. The van der Waals surface area contributed by atoms with Gasteiger partial charge in [-0.2, -0.15) is 0 Å². The van der Waals surface area contributed by atoms with Crippen molar-refractivity contribution in [2.75, 3.05) is 18.0 Å². The number of nitrogens with one attached hydrogen (secondary N) is 1. The first-order chi connectivity index (χ1) is 8.11. The fraction of sp³-hybridized carbons (Fsp3) is 0.538. The van der Waals surface area contributed by atoms with Crippen molar-refractivity contribution in [3.8, 4) is 0 Å². The van der Waals surface area contributed by atoms with E-state index in [-0.39, 0.29) is 0 Å². The molecule has 94 valence electrons. The number of rotatable bonds is 2. The molecule has 1 aliphatic rings. The predicted octanol–water partition coefficient (Wildman–Crippen LogP) is 3.63. The largest absolute Gasteiger partial charge is 0.366 e. The molecule has 1 aromatic rings. The van der Waals surface area contributed by atoms with Crippen molar-refractivity contribution in [2.24, 2.45) is 0 Å². The Morgan fingerprint density at radius 2 is 2.29 bits per heavy atom. The standard InChI is InChI=1S/C13H18BrIN2/c1-3-10-8-17(9(2)7-16-10)11-4-5-12(14)13(15)6-11/h4-6,9-10,16H,3,7-8H2,1-2H3. The lowest BCUT2D eigenvalue weighted by atomic mass is 10.1. The second kappa shape index (κ2) is 5.89. The summed E-state index contributed by atoms with van der Waals surface area (Å²) in [6, 6.07) is 7.80. The van der Waals surface area contributed by atoms with E-state index in [2.05, 4.69) is 80.8 Å². The molecule has 2 rings (SSSR count). The highest BCUT2D eigenvalue weighted by atomic mass is 127. The molecule has 0 bridgehead atoms. The van der Waals surface area contributed by atoms with Gasteiger partial charge in [0.05, 0.1) is 0 Å². The molecular formula is C13H18BrIN2. The summed E-state index contributed by atoms with van der Waals surface area (Å²) in [6.07, 6.45) is 1.19. The highest BCUT2D eigenvalue weighted by molar-refractivity contribution is 14.1. The summed E-state index contributed by atoms with van der Waals surface area (Å²) in [5, 5.41) is 3.59. The van der Waals surface area contributed by atoms with Crippen LogP contribution in [0.5, 0.6) is 0 Å². The Bertz CT molecular complexity index is 397. The van der Waals surface area contributed by atoms with Crippen LogP contribution in [-0.2, 0) is 0 Å². The Hall–Kier alpha value is 0.190. The van der Waals surface area contributed by atoms with Crippen molar-refractivity contribution in [2.45, 2.75) is 32.4 Å². The van der Waals surface area contributed by atoms with Crippen LogP contribution in [0.4, 0.5) is 5.69 Å². The lowest BCUT2D eigenvalue weighted by molar-refractivity contribution is 0.397. The predicted molar refractivity (Wildman–Crippen MR) is 85.7 cm³/mol. The van der Waals surface area contributed by atoms with E-state index in [9.17, 15) is 0 Å². The van der Waals surface area contributed by atoms with Crippen LogP contribution in [0.2, 0.25) is 0 Å². The minimum absolute atomic E-state index is 0.565. The zero-order valence-electron chi connectivity index (χ0n) is 10.2. The summed E-state index contributed by atoms with van der Waals surface area (Å²) in [6.45, 7) is 6.71. The molecule has 0 aromatic heterocycles. The van der Waals surface area contributed by atoms with Gasteiger partial charge >= 0.3 is 0 Å². The fourth-order valence-corrected chi connectivity index (χ4v) is 2.97. The van der Waals surface area contributed by atoms with Gasteiger partial charge in [-0.05, 0) is 70.1 Å². The summed E-state index contributed by atoms with van der Waals surface area (Å²) in [5.74, 6) is 0. The van der Waals surface area contributed by atoms with Crippen LogP contribution in [0.15, 0.2) is 22.7 Å². The maximum Gasteiger partial charge on any atom is 0.0387 e. The van der Waals surface area contributed by atoms with Gasteiger partial charge in [0.25, 0.3) is 0 Å². The van der Waals surface area contributed by atoms with E-state index in [0.717, 1.165) is 13.1 Å². The SMILES string of the molecule is CCC1CN(c2ccc(Br)c(I)c2)C(C)CN1. The van der Waals surface area contributed by atoms with Crippen LogP contribution in [0.3, 0.4) is 0 Å². The van der Waals surface area contributed by atoms with Crippen LogP contribution in [0, 0.1) is 3.57 Å². The van der Waals surface area contributed by atoms with Gasteiger partial charge in [0.2, 0.25) is 0 Å². The van der Waals surface area contributed by atoms with E-state index in [1.165, 1.54) is 20.2 Å². The zero-order valence-corrected chi connectivity index (χ0v) is 14.0. The number of nitrogens with zero attached hydrogens (tertiary/aromatic N) is 1. The lowest BCUT2D eigenvalue weighted by Crippen LogP contribution is -2.55. The van der Waals surface area contributed by atoms with Crippen molar-refractivity contribution in [1.82, 2.24) is 5.32 Å². The summed E-state index contributed by atoms with van der Waals surface area (Å²) >= 11 is 5.93. The molecule has 0 radical (unpaired) electrons. The van der Waals surface area contributed by atoms with Crippen molar-refractivity contribution >= 4 is 44.2 Å². The van der Waals surface area contributed by atoms with Gasteiger partial charge in [0, 0.05) is 38.9 Å². The molecular weight excluding hydrogens is 391 g/mol. The molecule has 0 aliphatic carbocycles. The number of halogens is 2. The highest BCUT2D eigenvalue weighted by Gasteiger charge is 2.24. The zero-order chi connectivity index (χ0) is 12.4. The average Bonchev–Trinajstić information content (AvgIpc) is 2.33. The van der Waals surface area contributed by atoms with Gasteiger partial charge in [-0.1, -0.05) is 6.92 Å². The quantitative estimate of drug-likeness (QED) is 0.751. The smallest absolute Gasteiger partial charge is 0.0387 e. The van der Waals surface area contributed by atoms with Gasteiger partial charge in [0.15, 0.2) is 0 Å². The number of hydrogen-bond donors (Lipinski definition) is 1. The normalized spacial score (nSPS) is 25.1. The first kappa shape index (κ1) is 13.6. The van der Waals surface area contributed by atoms with Gasteiger partial charge in [-0.3, -0.25) is 0 Å². The molecule has 1 N–H and O–H groups in total. The van der Waals surface area contributed by atoms with Gasteiger partial charge in [-0.15, -0.1) is 0 Å². The van der Waals surface area contributed by atoms with Crippen LogP contribution in [0.1, 0.15) is 20.3 Å². The molecule has 1 fully saturated rings. The molecule has 1 saturated heterocycles. The van der Waals surface area contributed by atoms with Crippen molar-refractivity contribution in [3.05, 3.63) is 26.2 Å². The maximum absolute atomic E-state index is 3.59. The average molecular weight is 409 g/mol. The first-order valence-corrected chi connectivity index (χ1v) is 7.94. The van der Waals surface area contributed by atoms with Crippen LogP contribution < -0.4 is 10.2 Å². The van der Waals surface area contributed by atoms with Crippen LogP contribution >= 0.6 is 38.5 Å². The number of hydrogen-bond acceptors (Lipinski definition) is 2. The molecule has 4 heteroatoms. The van der Waals surface area contributed by atoms with E-state index >= 15 is 0 Å². The number of benzene rings is 1. The molecule has 0 saturated carbocycles. The summed E-state index contributed by atoms with van der Waals surface area (Å²) < 4.78 is 2.45. The molecule has 17 heavy (non-hydrogen) atoms. The van der Waals surface area contributed by atoms with Gasteiger partial charge in [-0.25, -0.2) is 0 Å². The Morgan fingerprint density at radius 3 is 2.94 bits per heavy atom. The molecule has 0 spiro atoms. The topological polar surface area (TPSA) is 15.3 Å². The Labute approximate surface area is 125 Å². The molecule has 2 nitrogen and oxygen atoms in total. The minimum Gasteiger partial charge on any atom is -0.366 e.